The van der Waals surface area contributed by atoms with Crippen molar-refractivity contribution in [1.29, 1.82) is 0 Å². The van der Waals surface area contributed by atoms with Gasteiger partial charge in [0.1, 0.15) is 0 Å². The van der Waals surface area contributed by atoms with Gasteiger partial charge in [0.15, 0.2) is 0 Å². The molecule has 0 aliphatic rings. The van der Waals surface area contributed by atoms with Gasteiger partial charge in [-0.25, -0.2) is 0 Å². The average Bonchev–Trinajstić information content (AvgIpc) is 2.97. The Kier molecular flexibility index (Phi) is 58.1. The molecule has 7 heteroatoms. The third kappa shape index (κ3) is 62.2. The topological polar surface area (TPSA) is 80.3 Å². The zero-order valence-corrected chi connectivity index (χ0v) is 35.6. The molecule has 0 N–H and O–H groups in total. The van der Waals surface area contributed by atoms with Gasteiger partial charge in [-0.1, -0.05) is 0 Å². The van der Waals surface area contributed by atoms with E-state index in [-0.39, 0.29) is 55.8 Å². The summed E-state index contributed by atoms with van der Waals surface area (Å²) in [5.41, 5.74) is 0. The van der Waals surface area contributed by atoms with Crippen LogP contribution in [0.15, 0.2) is 12.2 Å². The van der Waals surface area contributed by atoms with E-state index in [2.05, 4.69) is 27.7 Å². The van der Waals surface area contributed by atoms with E-state index in [0.717, 1.165) is 0 Å². The van der Waals surface area contributed by atoms with Crippen molar-refractivity contribution < 1.29 is 19.8 Å². The zero-order chi connectivity index (χ0) is 31.8. The van der Waals surface area contributed by atoms with Crippen molar-refractivity contribution in [2.75, 3.05) is 0 Å². The van der Waals surface area contributed by atoms with E-state index in [4.69, 9.17) is 0 Å². The van der Waals surface area contributed by atoms with E-state index in [1.165, 1.54) is 128 Å². The number of hydrogen-bond donors (Lipinski definition) is 0. The van der Waals surface area contributed by atoms with Crippen molar-refractivity contribution >= 4 is 67.7 Å². The molecule has 0 atom stereocenters. The fourth-order valence-electron chi connectivity index (χ4n) is 4.51. The number of carbonyl (C=O) groups is 2. The third-order valence-electron chi connectivity index (χ3n) is 7.18. The molecule has 0 saturated carbocycles. The van der Waals surface area contributed by atoms with Gasteiger partial charge in [-0.15, -0.1) is 0 Å². The van der Waals surface area contributed by atoms with Crippen LogP contribution >= 0.6 is 0 Å². The van der Waals surface area contributed by atoms with Gasteiger partial charge < -0.3 is 33.3 Å². The van der Waals surface area contributed by atoms with Crippen LogP contribution in [-0.4, -0.2) is 54.2 Å². The standard InChI is InChI=1S/4C8H17.C4H4O4.H2S.2Sn/c4*1-3-5-7-8-6-4-2;5-3(6)1-2-4(7)8;;;/h4*1,3-8H2,2H3;1-2H,(H,5,6)(H,7,8);1H2;;/q;;;;;;2*+2/p-3. The Morgan fingerprint density at radius 2 is 0.581 bits per heavy atom. The Morgan fingerprint density at radius 3 is 0.767 bits per heavy atom. The minimum atomic E-state index is -1.55. The first-order valence-corrected chi connectivity index (χ1v) is 26.0. The molecule has 0 aliphatic heterocycles. The molecule has 0 unspecified atom stereocenters. The van der Waals surface area contributed by atoms with Crippen LogP contribution in [0.25, 0.3) is 0 Å². The predicted octanol–water partition coefficient (Wildman–Crippen LogP) is 9.27. The maximum absolute atomic E-state index is 9.41. The molecule has 4 nitrogen and oxygen atoms in total. The van der Waals surface area contributed by atoms with E-state index in [9.17, 15) is 19.8 Å². The maximum Gasteiger partial charge on any atom is 0.0643 e. The van der Waals surface area contributed by atoms with E-state index < -0.39 is 11.9 Å². The molecule has 252 valence electrons. The van der Waals surface area contributed by atoms with Gasteiger partial charge >= 0.3 is 242 Å². The number of carboxylic acid groups (broad SMARTS) is 2. The molecule has 0 heterocycles. The van der Waals surface area contributed by atoms with Crippen molar-refractivity contribution in [2.24, 2.45) is 0 Å². The van der Waals surface area contributed by atoms with Crippen molar-refractivity contribution in [3.8, 4) is 0 Å². The van der Waals surface area contributed by atoms with Crippen LogP contribution < -0.4 is 10.2 Å². The minimum Gasteiger partial charge on any atom is -0.813 e. The summed E-state index contributed by atoms with van der Waals surface area (Å²) in [6, 6.07) is 0. The molecule has 0 aromatic carbocycles. The number of rotatable bonds is 30. The summed E-state index contributed by atoms with van der Waals surface area (Å²) < 4.78 is 6.63. The van der Waals surface area contributed by atoms with Gasteiger partial charge in [-0.3, -0.25) is 0 Å². The normalized spacial score (nSPS) is 10.0. The molecule has 0 aromatic rings. The summed E-state index contributed by atoms with van der Waals surface area (Å²) >= 11 is 0.147. The van der Waals surface area contributed by atoms with E-state index in [1.54, 1.807) is 43.4 Å². The number of thiol groups is 1. The molecule has 0 amide bonds. The first-order valence-electron chi connectivity index (χ1n) is 18.0. The Bertz CT molecular complexity index is 473. The van der Waals surface area contributed by atoms with Crippen LogP contribution in [0.5, 0.6) is 0 Å². The molecule has 43 heavy (non-hydrogen) atoms. The Hall–Kier alpha value is 0.627. The Morgan fingerprint density at radius 1 is 0.395 bits per heavy atom. The number of unbranched alkanes of at least 4 members (excludes halogenated alkanes) is 20. The van der Waals surface area contributed by atoms with E-state index in [0.29, 0.717) is 12.2 Å². The van der Waals surface area contributed by atoms with Crippen LogP contribution in [-0.2, 0) is 23.1 Å². The van der Waals surface area contributed by atoms with Crippen LogP contribution in [0.1, 0.15) is 182 Å². The van der Waals surface area contributed by atoms with Crippen LogP contribution in [0.2, 0.25) is 17.7 Å². The van der Waals surface area contributed by atoms with Crippen molar-refractivity contribution in [1.82, 2.24) is 0 Å². The molecular weight excluding hydrogens is 766 g/mol. The van der Waals surface area contributed by atoms with Crippen molar-refractivity contribution in [2.45, 2.75) is 200 Å². The van der Waals surface area contributed by atoms with Gasteiger partial charge in [0, 0.05) is 0 Å². The summed E-state index contributed by atoms with van der Waals surface area (Å²) in [6.07, 6.45) is 36.4. The van der Waals surface area contributed by atoms with Crippen LogP contribution in [0.3, 0.4) is 0 Å². The first-order chi connectivity index (χ1) is 20.5. The zero-order valence-electron chi connectivity index (χ0n) is 29.0. The fraction of sp³-hybridized carbons (Fsp3) is 0.889. The number of carbonyl (C=O) groups excluding carboxylic acids is 2. The summed E-state index contributed by atoms with van der Waals surface area (Å²) in [5.74, 6) is -3.09. The smallest absolute Gasteiger partial charge is 0.0643 e. The number of aliphatic carboxylic acids is 2. The SMILES string of the molecule is CCCCCCC[CH2][Sn+2][CH2]CCCCCCC.CCCCCCC[CH2][Sn+2][CH2]CCCCCCC.O=C([O-])C=CC(=O)[O-].[SH-]. The summed E-state index contributed by atoms with van der Waals surface area (Å²) in [5, 5.41) is 18.8. The van der Waals surface area contributed by atoms with E-state index in [1.807, 2.05) is 0 Å². The monoisotopic (exact) mass is 839 g/mol. The molecule has 0 fully saturated rings. The second-order valence-electron chi connectivity index (χ2n) is 11.5. The molecule has 0 aromatic heterocycles. The largest absolute Gasteiger partial charge is 0.813 e. The molecule has 0 rings (SSSR count). The van der Waals surface area contributed by atoms with Gasteiger partial charge in [-0.05, 0) is 12.2 Å². The van der Waals surface area contributed by atoms with Crippen LogP contribution in [0.4, 0.5) is 0 Å². The second kappa shape index (κ2) is 49.5. The molecule has 0 bridgehead atoms. The van der Waals surface area contributed by atoms with Crippen molar-refractivity contribution in [3.63, 3.8) is 0 Å². The number of hydrogen-bond acceptors (Lipinski definition) is 5. The number of carboxylic acids is 2. The van der Waals surface area contributed by atoms with Gasteiger partial charge in [0.2, 0.25) is 0 Å². The molecule has 0 radical (unpaired) electrons. The average molecular weight is 837 g/mol. The first kappa shape index (κ1) is 50.5. The molecular formula is C36H71O4SSn2+. The molecule has 0 spiro atoms. The Labute approximate surface area is 297 Å². The molecule has 0 aliphatic carbocycles. The third-order valence-corrected chi connectivity index (χ3v) is 15.3. The summed E-state index contributed by atoms with van der Waals surface area (Å²) in [6.45, 7) is 9.20. The Balaban J connectivity index is -0.000000279. The van der Waals surface area contributed by atoms with Gasteiger partial charge in [0.25, 0.3) is 0 Å². The molecule has 0 saturated heterocycles. The fourth-order valence-corrected chi connectivity index (χ4v) is 11.6. The predicted molar refractivity (Wildman–Crippen MR) is 192 cm³/mol. The van der Waals surface area contributed by atoms with Gasteiger partial charge in [0.05, 0.1) is 11.9 Å². The van der Waals surface area contributed by atoms with Crippen LogP contribution in [0, 0.1) is 0 Å². The van der Waals surface area contributed by atoms with E-state index >= 15 is 0 Å². The maximum atomic E-state index is 9.41. The quantitative estimate of drug-likeness (QED) is 0.0237. The second-order valence-corrected chi connectivity index (χ2v) is 20.1. The summed E-state index contributed by atoms with van der Waals surface area (Å²) in [7, 11) is 0. The summed E-state index contributed by atoms with van der Waals surface area (Å²) in [4.78, 5) is 18.8. The van der Waals surface area contributed by atoms with Gasteiger partial charge in [-0.2, -0.15) is 0 Å². The minimum absolute atomic E-state index is 0. The van der Waals surface area contributed by atoms with Crippen molar-refractivity contribution in [3.05, 3.63) is 12.2 Å².